The van der Waals surface area contributed by atoms with Gasteiger partial charge in [0.2, 0.25) is 0 Å². The van der Waals surface area contributed by atoms with Gasteiger partial charge in [0.05, 0.1) is 6.61 Å². The van der Waals surface area contributed by atoms with Crippen LogP contribution in [0, 0.1) is 5.41 Å². The monoisotopic (exact) mass is 421 g/mol. The van der Waals surface area contributed by atoms with Crippen molar-refractivity contribution in [2.24, 2.45) is 11.1 Å². The van der Waals surface area contributed by atoms with Gasteiger partial charge in [-0.3, -0.25) is 9.89 Å². The molecule has 5 rings (SSSR count). The maximum Gasteiger partial charge on any atom is 0.274 e. The fraction of sp³-hybridized carbons (Fsp3) is 0.455. The molecule has 0 unspecified atom stereocenters. The third-order valence-electron chi connectivity index (χ3n) is 6.80. The number of nitrogens with one attached hydrogen (secondary N) is 2. The van der Waals surface area contributed by atoms with Gasteiger partial charge in [-0.15, -0.1) is 0 Å². The highest BCUT2D eigenvalue weighted by Gasteiger charge is 2.46. The number of aromatic amines is 1. The number of aliphatic hydroxyl groups is 1. The Bertz CT molecular complexity index is 1130. The molecule has 0 bridgehead atoms. The van der Waals surface area contributed by atoms with Gasteiger partial charge in [-0.05, 0) is 42.7 Å². The average Bonchev–Trinajstić information content (AvgIpc) is 3.32. The van der Waals surface area contributed by atoms with Crippen molar-refractivity contribution < 1.29 is 9.90 Å². The maximum atomic E-state index is 12.2. The van der Waals surface area contributed by atoms with E-state index in [1.165, 1.54) is 11.1 Å². The van der Waals surface area contributed by atoms with E-state index in [9.17, 15) is 9.90 Å². The molecule has 9 heteroatoms. The molecule has 9 nitrogen and oxygen atoms in total. The highest BCUT2D eigenvalue weighted by Crippen LogP contribution is 2.51. The Balaban J connectivity index is 1.40. The molecule has 1 fully saturated rings. The fourth-order valence-corrected chi connectivity index (χ4v) is 5.10. The zero-order valence-electron chi connectivity index (χ0n) is 17.6. The van der Waals surface area contributed by atoms with E-state index in [0.29, 0.717) is 29.2 Å². The molecule has 31 heavy (non-hydrogen) atoms. The van der Waals surface area contributed by atoms with Crippen molar-refractivity contribution >= 4 is 22.9 Å². The van der Waals surface area contributed by atoms with Crippen molar-refractivity contribution in [3.63, 3.8) is 0 Å². The summed E-state index contributed by atoms with van der Waals surface area (Å²) in [5, 5.41) is 19.6. The molecular formula is C22H27N7O2. The number of carbonyl (C=O) groups is 1. The van der Waals surface area contributed by atoms with Gasteiger partial charge in [0.25, 0.3) is 5.91 Å². The molecule has 2 aromatic heterocycles. The molecule has 1 saturated heterocycles. The minimum absolute atomic E-state index is 0.0453. The van der Waals surface area contributed by atoms with Crippen LogP contribution < -0.4 is 16.0 Å². The standard InChI is InChI=1S/C22H27N7O2/c1-2-24-21(31)17-16-19(28-27-17)26-20(15(12-30)25-16)29-9-7-22(8-10-29)11-13-5-3-4-6-14(13)18(22)23/h3-6,18,30H,2,7-12,23H2,1H3,(H,24,31)(H,26,27,28)/t18-/m1/s1. The quantitative estimate of drug-likeness (QED) is 0.501. The highest BCUT2D eigenvalue weighted by molar-refractivity contribution is 6.02. The Hall–Kier alpha value is -3.04. The van der Waals surface area contributed by atoms with Gasteiger partial charge in [0.1, 0.15) is 11.2 Å². The third kappa shape index (κ3) is 3.16. The van der Waals surface area contributed by atoms with Crippen LogP contribution in [0.3, 0.4) is 0 Å². The van der Waals surface area contributed by atoms with Gasteiger partial charge in [0.15, 0.2) is 17.2 Å². The Morgan fingerprint density at radius 1 is 1.32 bits per heavy atom. The molecule has 1 spiro atoms. The van der Waals surface area contributed by atoms with E-state index >= 15 is 0 Å². The molecule has 5 N–H and O–H groups in total. The number of anilines is 1. The largest absolute Gasteiger partial charge is 0.390 e. The van der Waals surface area contributed by atoms with E-state index in [-0.39, 0.29) is 29.7 Å². The van der Waals surface area contributed by atoms with Gasteiger partial charge in [0, 0.05) is 25.7 Å². The molecule has 1 amide bonds. The highest BCUT2D eigenvalue weighted by atomic mass is 16.3. The van der Waals surface area contributed by atoms with Crippen LogP contribution in [0.25, 0.3) is 11.2 Å². The molecule has 1 aliphatic carbocycles. The molecule has 1 aromatic carbocycles. The second-order valence-electron chi connectivity index (χ2n) is 8.48. The summed E-state index contributed by atoms with van der Waals surface area (Å²) in [5.41, 5.74) is 10.8. The first-order valence-corrected chi connectivity index (χ1v) is 10.8. The van der Waals surface area contributed by atoms with E-state index in [1.807, 2.05) is 6.92 Å². The lowest BCUT2D eigenvalue weighted by Gasteiger charge is -2.42. The molecule has 2 aliphatic rings. The van der Waals surface area contributed by atoms with E-state index in [2.05, 4.69) is 54.6 Å². The third-order valence-corrected chi connectivity index (χ3v) is 6.80. The number of nitrogens with zero attached hydrogens (tertiary/aromatic N) is 4. The number of piperidine rings is 1. The molecular weight excluding hydrogens is 394 g/mol. The molecule has 162 valence electrons. The van der Waals surface area contributed by atoms with Crippen LogP contribution >= 0.6 is 0 Å². The first-order chi connectivity index (χ1) is 15.1. The molecule has 0 radical (unpaired) electrons. The zero-order chi connectivity index (χ0) is 21.6. The first kappa shape index (κ1) is 19.9. The van der Waals surface area contributed by atoms with Crippen molar-refractivity contribution in [2.75, 3.05) is 24.5 Å². The molecule has 3 heterocycles. The van der Waals surface area contributed by atoms with E-state index < -0.39 is 0 Å². The van der Waals surface area contributed by atoms with Gasteiger partial charge in [-0.25, -0.2) is 9.97 Å². The minimum atomic E-state index is -0.311. The summed E-state index contributed by atoms with van der Waals surface area (Å²) < 4.78 is 0. The molecule has 1 atom stereocenters. The Labute approximate surface area is 180 Å². The van der Waals surface area contributed by atoms with Crippen molar-refractivity contribution in [2.45, 2.75) is 38.8 Å². The number of hydrogen-bond donors (Lipinski definition) is 4. The van der Waals surface area contributed by atoms with Crippen LogP contribution in [0.2, 0.25) is 0 Å². The molecule has 3 aromatic rings. The Morgan fingerprint density at radius 3 is 2.81 bits per heavy atom. The number of rotatable bonds is 4. The van der Waals surface area contributed by atoms with Crippen molar-refractivity contribution in [3.8, 4) is 0 Å². The van der Waals surface area contributed by atoms with Crippen molar-refractivity contribution in [1.82, 2.24) is 25.5 Å². The van der Waals surface area contributed by atoms with E-state index in [1.54, 1.807) is 0 Å². The number of amides is 1. The summed E-state index contributed by atoms with van der Waals surface area (Å²) in [6.45, 7) is 3.64. The van der Waals surface area contributed by atoms with Crippen LogP contribution in [-0.2, 0) is 13.0 Å². The predicted octanol–water partition coefficient (Wildman–Crippen LogP) is 1.44. The topological polar surface area (TPSA) is 133 Å². The van der Waals surface area contributed by atoms with E-state index in [4.69, 9.17) is 5.73 Å². The van der Waals surface area contributed by atoms with Crippen LogP contribution in [0.4, 0.5) is 5.82 Å². The van der Waals surface area contributed by atoms with Crippen LogP contribution in [0.1, 0.15) is 53.1 Å². The number of hydrogen-bond acceptors (Lipinski definition) is 7. The number of nitrogens with two attached hydrogens (primary N) is 1. The molecule has 1 aliphatic heterocycles. The van der Waals surface area contributed by atoms with Gasteiger partial charge in [-0.2, -0.15) is 5.10 Å². The lowest BCUT2D eigenvalue weighted by Crippen LogP contribution is -2.45. The lowest BCUT2D eigenvalue weighted by molar-refractivity contribution is 0.0952. The smallest absolute Gasteiger partial charge is 0.274 e. The number of fused-ring (bicyclic) bond motifs is 2. The number of aliphatic hydroxyl groups excluding tert-OH is 1. The Morgan fingerprint density at radius 2 is 2.10 bits per heavy atom. The second-order valence-corrected chi connectivity index (χ2v) is 8.48. The summed E-state index contributed by atoms with van der Waals surface area (Å²) in [5.74, 6) is 0.328. The number of aromatic nitrogens is 4. The SMILES string of the molecule is CCNC(=O)c1n[nH]c2nc(N3CCC4(CC3)Cc3ccccc3[C@H]4N)c(CO)nc12. The first-order valence-electron chi connectivity index (χ1n) is 10.8. The predicted molar refractivity (Wildman–Crippen MR) is 117 cm³/mol. The van der Waals surface area contributed by atoms with Crippen molar-refractivity contribution in [1.29, 1.82) is 0 Å². The zero-order valence-corrected chi connectivity index (χ0v) is 17.6. The van der Waals surface area contributed by atoms with Gasteiger partial charge < -0.3 is 21.1 Å². The van der Waals surface area contributed by atoms with Crippen LogP contribution in [0.5, 0.6) is 0 Å². The summed E-state index contributed by atoms with van der Waals surface area (Å²) in [7, 11) is 0. The summed E-state index contributed by atoms with van der Waals surface area (Å²) >= 11 is 0. The number of benzene rings is 1. The Kier molecular flexibility index (Phi) is 4.86. The summed E-state index contributed by atoms with van der Waals surface area (Å²) in [6.07, 6.45) is 2.90. The fourth-order valence-electron chi connectivity index (χ4n) is 5.10. The number of H-pyrrole nitrogens is 1. The summed E-state index contributed by atoms with van der Waals surface area (Å²) in [4.78, 5) is 23.6. The second kappa shape index (κ2) is 7.58. The van der Waals surface area contributed by atoms with E-state index in [0.717, 1.165) is 32.4 Å². The van der Waals surface area contributed by atoms with Crippen LogP contribution in [0.15, 0.2) is 24.3 Å². The minimum Gasteiger partial charge on any atom is -0.390 e. The average molecular weight is 422 g/mol. The normalized spacial score (nSPS) is 19.7. The maximum absolute atomic E-state index is 12.2. The number of carbonyl (C=O) groups excluding carboxylic acids is 1. The van der Waals surface area contributed by atoms with Crippen molar-refractivity contribution in [3.05, 3.63) is 46.8 Å². The lowest BCUT2D eigenvalue weighted by atomic mass is 9.73. The summed E-state index contributed by atoms with van der Waals surface area (Å²) in [6, 6.07) is 8.52. The van der Waals surface area contributed by atoms with Crippen LogP contribution in [-0.4, -0.2) is 50.8 Å². The molecule has 0 saturated carbocycles. The van der Waals surface area contributed by atoms with Gasteiger partial charge in [-0.1, -0.05) is 24.3 Å². The van der Waals surface area contributed by atoms with Gasteiger partial charge >= 0.3 is 0 Å².